The molecule has 1 aliphatic rings. The Morgan fingerprint density at radius 2 is 1.69 bits per heavy atom. The molecule has 1 aliphatic heterocycles. The third kappa shape index (κ3) is 4.77. The van der Waals surface area contributed by atoms with Gasteiger partial charge in [0.1, 0.15) is 5.82 Å². The number of rotatable bonds is 5. The number of pyridine rings is 1. The van der Waals surface area contributed by atoms with Gasteiger partial charge in [-0.2, -0.15) is 0 Å². The molecule has 154 valence electrons. The van der Waals surface area contributed by atoms with Crippen molar-refractivity contribution in [3.8, 4) is 0 Å². The average Bonchev–Trinajstić information content (AvgIpc) is 2.73. The van der Waals surface area contributed by atoms with E-state index in [0.29, 0.717) is 23.3 Å². The van der Waals surface area contributed by atoms with Crippen LogP contribution in [0, 0.1) is 5.82 Å². The number of halogens is 2. The van der Waals surface area contributed by atoms with Gasteiger partial charge in [-0.3, -0.25) is 4.98 Å². The molecule has 0 radical (unpaired) electrons. The summed E-state index contributed by atoms with van der Waals surface area (Å²) in [5, 5.41) is 0.475. The van der Waals surface area contributed by atoms with Crippen LogP contribution in [0.3, 0.4) is 0 Å². The van der Waals surface area contributed by atoms with Gasteiger partial charge in [0.05, 0.1) is 15.7 Å². The Kier molecular flexibility index (Phi) is 6.88. The summed E-state index contributed by atoms with van der Waals surface area (Å²) in [7, 11) is -3.41. The summed E-state index contributed by atoms with van der Waals surface area (Å²) in [6.45, 7) is 2.36. The Morgan fingerprint density at radius 1 is 1.00 bits per heavy atom. The molecule has 1 saturated heterocycles. The summed E-state index contributed by atoms with van der Waals surface area (Å²) >= 11 is 0. The maximum Gasteiger partial charge on any atom is 0.183 e. The van der Waals surface area contributed by atoms with Gasteiger partial charge in [-0.15, -0.1) is 12.4 Å². The molecule has 0 unspecified atom stereocenters. The Bertz CT molecular complexity index is 1060. The second kappa shape index (κ2) is 9.20. The Balaban J connectivity index is 0.00000240. The van der Waals surface area contributed by atoms with Crippen molar-refractivity contribution in [1.82, 2.24) is 9.88 Å². The highest BCUT2D eigenvalue weighted by atomic mass is 35.5. The number of hydrogen-bond acceptors (Lipinski definition) is 4. The van der Waals surface area contributed by atoms with E-state index >= 15 is 0 Å². The van der Waals surface area contributed by atoms with Crippen LogP contribution in [0.2, 0.25) is 0 Å². The van der Waals surface area contributed by atoms with Crippen LogP contribution >= 0.6 is 12.4 Å². The van der Waals surface area contributed by atoms with Gasteiger partial charge in [-0.25, -0.2) is 12.8 Å². The summed E-state index contributed by atoms with van der Waals surface area (Å²) in [6, 6.07) is 15.6. The molecule has 0 bridgehead atoms. The quantitative estimate of drug-likeness (QED) is 0.601. The predicted octanol–water partition coefficient (Wildman–Crippen LogP) is 4.28. The lowest BCUT2D eigenvalue weighted by atomic mass is 10.1. The normalized spacial score (nSPS) is 15.9. The zero-order valence-electron chi connectivity index (χ0n) is 16.0. The molecule has 4 rings (SSSR count). The summed E-state index contributed by atoms with van der Waals surface area (Å²) in [5.41, 5.74) is 1.65. The Hall–Kier alpha value is -2.02. The van der Waals surface area contributed by atoms with Crippen molar-refractivity contribution in [2.24, 2.45) is 0 Å². The lowest BCUT2D eigenvalue weighted by molar-refractivity contribution is 0.232. The largest absolute Gasteiger partial charge is 0.303 e. The first kappa shape index (κ1) is 21.7. The van der Waals surface area contributed by atoms with Crippen molar-refractivity contribution in [1.29, 1.82) is 0 Å². The van der Waals surface area contributed by atoms with Crippen molar-refractivity contribution < 1.29 is 12.8 Å². The molecule has 3 aromatic rings. The molecular weight excluding hydrogens is 411 g/mol. The molecule has 29 heavy (non-hydrogen) atoms. The molecule has 1 fully saturated rings. The van der Waals surface area contributed by atoms with Gasteiger partial charge in [-0.1, -0.05) is 30.3 Å². The van der Waals surface area contributed by atoms with Gasteiger partial charge in [0, 0.05) is 18.1 Å². The van der Waals surface area contributed by atoms with E-state index in [4.69, 9.17) is 0 Å². The molecule has 4 nitrogen and oxygen atoms in total. The first-order valence-electron chi connectivity index (χ1n) is 9.58. The van der Waals surface area contributed by atoms with Gasteiger partial charge < -0.3 is 4.90 Å². The topological polar surface area (TPSA) is 50.3 Å². The number of hydrogen-bond donors (Lipinski definition) is 0. The zero-order valence-corrected chi connectivity index (χ0v) is 17.6. The van der Waals surface area contributed by atoms with Gasteiger partial charge in [-0.05, 0) is 62.2 Å². The van der Waals surface area contributed by atoms with Crippen molar-refractivity contribution in [3.05, 3.63) is 72.2 Å². The molecule has 0 aliphatic carbocycles. The van der Waals surface area contributed by atoms with Crippen LogP contribution in [-0.4, -0.2) is 43.2 Å². The number of aromatic nitrogens is 1. The second-order valence-corrected chi connectivity index (χ2v) is 9.49. The van der Waals surface area contributed by atoms with Crippen LogP contribution in [0.15, 0.2) is 65.7 Å². The van der Waals surface area contributed by atoms with Crippen LogP contribution in [0.5, 0.6) is 0 Å². The molecule has 0 atom stereocenters. The van der Waals surface area contributed by atoms with Gasteiger partial charge in [0.15, 0.2) is 9.84 Å². The van der Waals surface area contributed by atoms with Crippen LogP contribution in [-0.2, 0) is 16.3 Å². The van der Waals surface area contributed by atoms with Crippen LogP contribution in [0.4, 0.5) is 4.39 Å². The molecule has 0 amide bonds. The predicted molar refractivity (Wildman–Crippen MR) is 116 cm³/mol. The average molecular weight is 435 g/mol. The molecule has 0 N–H and O–H groups in total. The molecule has 1 aromatic heterocycles. The third-order valence-corrected chi connectivity index (χ3v) is 7.80. The number of sulfone groups is 1. The van der Waals surface area contributed by atoms with E-state index < -0.39 is 9.84 Å². The molecule has 7 heteroatoms. The van der Waals surface area contributed by atoms with E-state index in [0.717, 1.165) is 37.0 Å². The van der Waals surface area contributed by atoms with Crippen LogP contribution in [0.25, 0.3) is 10.9 Å². The molecule has 2 heterocycles. The fourth-order valence-electron chi connectivity index (χ4n) is 3.87. The minimum absolute atomic E-state index is 0. The van der Waals surface area contributed by atoms with E-state index in [1.54, 1.807) is 30.5 Å². The number of piperidine rings is 1. The number of fused-ring (bicyclic) bond motifs is 1. The number of nitrogens with zero attached hydrogens (tertiary/aromatic N) is 2. The smallest absolute Gasteiger partial charge is 0.183 e. The number of likely N-dealkylation sites (tertiary alicyclic amines) is 1. The van der Waals surface area contributed by atoms with Crippen LogP contribution in [0.1, 0.15) is 18.4 Å². The summed E-state index contributed by atoms with van der Waals surface area (Å²) < 4.78 is 39.5. The standard InChI is InChI=1S/C22H23FN2O2S.ClH/c23-19-8-6-17(7-9-19)10-14-25-15-11-20(12-16-25)28(26,27)21-5-1-3-18-4-2-13-24-22(18)21;/h1-9,13,20H,10-12,14-16H2;1H. The lowest BCUT2D eigenvalue weighted by Crippen LogP contribution is -2.40. The monoisotopic (exact) mass is 434 g/mol. The van der Waals surface area contributed by atoms with Crippen molar-refractivity contribution in [3.63, 3.8) is 0 Å². The maximum absolute atomic E-state index is 13.2. The first-order valence-corrected chi connectivity index (χ1v) is 11.1. The molecular formula is C22H24ClFN2O2S. The highest BCUT2D eigenvalue weighted by Gasteiger charge is 2.32. The van der Waals surface area contributed by atoms with E-state index in [2.05, 4.69) is 9.88 Å². The molecule has 0 spiro atoms. The maximum atomic E-state index is 13.2. The zero-order chi connectivity index (χ0) is 19.6. The summed E-state index contributed by atoms with van der Waals surface area (Å²) in [5.74, 6) is -0.224. The minimum Gasteiger partial charge on any atom is -0.303 e. The van der Waals surface area contributed by atoms with E-state index in [1.165, 1.54) is 12.1 Å². The lowest BCUT2D eigenvalue weighted by Gasteiger charge is -2.31. The summed E-state index contributed by atoms with van der Waals surface area (Å²) in [6.07, 6.45) is 3.72. The van der Waals surface area contributed by atoms with Gasteiger partial charge in [0.2, 0.25) is 0 Å². The van der Waals surface area contributed by atoms with E-state index in [1.807, 2.05) is 18.2 Å². The Labute approximate surface area is 177 Å². The fraction of sp³-hybridized carbons (Fsp3) is 0.318. The highest BCUT2D eigenvalue weighted by molar-refractivity contribution is 7.92. The van der Waals surface area contributed by atoms with Gasteiger partial charge >= 0.3 is 0 Å². The molecule has 2 aromatic carbocycles. The van der Waals surface area contributed by atoms with Crippen molar-refractivity contribution in [2.45, 2.75) is 29.4 Å². The van der Waals surface area contributed by atoms with E-state index in [9.17, 15) is 12.8 Å². The first-order chi connectivity index (χ1) is 13.5. The number of para-hydroxylation sites is 1. The van der Waals surface area contributed by atoms with Crippen molar-refractivity contribution in [2.75, 3.05) is 19.6 Å². The SMILES string of the molecule is Cl.O=S(=O)(c1cccc2cccnc12)C1CCN(CCc2ccc(F)cc2)CC1. The fourth-order valence-corrected chi connectivity index (χ4v) is 5.77. The Morgan fingerprint density at radius 3 is 2.41 bits per heavy atom. The second-order valence-electron chi connectivity index (χ2n) is 7.29. The number of benzene rings is 2. The van der Waals surface area contributed by atoms with Crippen LogP contribution < -0.4 is 0 Å². The van der Waals surface area contributed by atoms with Crippen molar-refractivity contribution >= 4 is 33.1 Å². The minimum atomic E-state index is -3.41. The molecule has 0 saturated carbocycles. The third-order valence-electron chi connectivity index (χ3n) is 5.51. The highest BCUT2D eigenvalue weighted by Crippen LogP contribution is 2.29. The summed E-state index contributed by atoms with van der Waals surface area (Å²) in [4.78, 5) is 6.94. The van der Waals surface area contributed by atoms with Gasteiger partial charge in [0.25, 0.3) is 0 Å². The van der Waals surface area contributed by atoms with E-state index in [-0.39, 0.29) is 23.5 Å².